The number of fused-ring (bicyclic) bond motifs is 3. The molecule has 0 atom stereocenters. The lowest BCUT2D eigenvalue weighted by molar-refractivity contribution is 0.662. The van der Waals surface area contributed by atoms with Crippen molar-refractivity contribution in [1.82, 2.24) is 15.0 Å². The first kappa shape index (κ1) is 13.2. The second-order valence-corrected chi connectivity index (χ2v) is 6.15. The number of para-hydroxylation sites is 1. The molecule has 0 saturated carbocycles. The monoisotopic (exact) mass is 310 g/mol. The number of aromatic nitrogens is 3. The summed E-state index contributed by atoms with van der Waals surface area (Å²) in [6.07, 6.45) is 1.59. The van der Waals surface area contributed by atoms with Gasteiger partial charge in [-0.1, -0.05) is 12.1 Å². The fourth-order valence-corrected chi connectivity index (χ4v) is 3.36. The molecule has 110 valence electrons. The van der Waals surface area contributed by atoms with Crippen LogP contribution in [0.4, 0.5) is 5.82 Å². The van der Waals surface area contributed by atoms with Gasteiger partial charge in [0.05, 0.1) is 6.54 Å². The van der Waals surface area contributed by atoms with Crippen LogP contribution in [0.1, 0.15) is 10.7 Å². The molecular weight excluding hydrogens is 296 g/mol. The van der Waals surface area contributed by atoms with Crippen molar-refractivity contribution in [2.45, 2.75) is 13.5 Å². The first-order valence-electron chi connectivity index (χ1n) is 6.97. The van der Waals surface area contributed by atoms with Crippen molar-refractivity contribution in [3.05, 3.63) is 46.7 Å². The normalized spacial score (nSPS) is 11.4. The smallest absolute Gasteiger partial charge is 0.196 e. The molecule has 5 nitrogen and oxygen atoms in total. The zero-order valence-corrected chi connectivity index (χ0v) is 13.1. The molecule has 0 unspecified atom stereocenters. The third-order valence-electron chi connectivity index (χ3n) is 3.54. The summed E-state index contributed by atoms with van der Waals surface area (Å²) >= 11 is 1.66. The van der Waals surface area contributed by atoms with Crippen LogP contribution in [0.5, 0.6) is 0 Å². The van der Waals surface area contributed by atoms with Gasteiger partial charge in [0.2, 0.25) is 0 Å². The van der Waals surface area contributed by atoms with Crippen LogP contribution in [0.25, 0.3) is 22.1 Å². The maximum absolute atomic E-state index is 5.96. The predicted molar refractivity (Wildman–Crippen MR) is 88.3 cm³/mol. The standard InChI is InChI=1S/C16H14N4OS/c1-10-8-22-13(19-10)7-20(2)16-15-14(17-9-18-16)11-5-3-4-6-12(11)21-15/h3-6,8-9H,7H2,1-2H3. The number of benzene rings is 1. The molecule has 3 aromatic heterocycles. The van der Waals surface area contributed by atoms with E-state index in [1.54, 1.807) is 17.7 Å². The van der Waals surface area contributed by atoms with Crippen molar-refractivity contribution < 1.29 is 4.42 Å². The van der Waals surface area contributed by atoms with Crippen LogP contribution < -0.4 is 4.90 Å². The number of rotatable bonds is 3. The number of aryl methyl sites for hydroxylation is 1. The van der Waals surface area contributed by atoms with Gasteiger partial charge in [-0.3, -0.25) is 0 Å². The molecule has 0 aliphatic rings. The number of thiazole rings is 1. The Hall–Kier alpha value is -2.47. The molecule has 4 aromatic rings. The summed E-state index contributed by atoms with van der Waals surface area (Å²) in [6, 6.07) is 7.91. The van der Waals surface area contributed by atoms with Crippen molar-refractivity contribution >= 4 is 39.2 Å². The molecule has 22 heavy (non-hydrogen) atoms. The van der Waals surface area contributed by atoms with Gasteiger partial charge < -0.3 is 9.32 Å². The predicted octanol–water partition coefficient (Wildman–Crippen LogP) is 3.78. The van der Waals surface area contributed by atoms with Crippen molar-refractivity contribution in [3.8, 4) is 0 Å². The Bertz CT molecular complexity index is 959. The lowest BCUT2D eigenvalue weighted by Crippen LogP contribution is -2.17. The van der Waals surface area contributed by atoms with E-state index >= 15 is 0 Å². The SMILES string of the molecule is Cc1csc(CN(C)c2ncnc3c2oc2ccccc23)n1. The Balaban J connectivity index is 1.80. The molecule has 0 amide bonds. The van der Waals surface area contributed by atoms with Gasteiger partial charge in [0.15, 0.2) is 11.4 Å². The second kappa shape index (κ2) is 5.06. The maximum atomic E-state index is 5.96. The quantitative estimate of drug-likeness (QED) is 0.576. The summed E-state index contributed by atoms with van der Waals surface area (Å²) in [7, 11) is 1.99. The molecule has 0 aliphatic carbocycles. The summed E-state index contributed by atoms with van der Waals surface area (Å²) in [6.45, 7) is 2.70. The minimum absolute atomic E-state index is 0.696. The number of anilines is 1. The molecule has 0 radical (unpaired) electrons. The van der Waals surface area contributed by atoms with Gasteiger partial charge in [-0.25, -0.2) is 15.0 Å². The van der Waals surface area contributed by atoms with Gasteiger partial charge in [-0.05, 0) is 19.1 Å². The Labute approximate surface area is 131 Å². The summed E-state index contributed by atoms with van der Waals surface area (Å²) in [5, 5.41) is 4.13. The molecule has 0 saturated heterocycles. The van der Waals surface area contributed by atoms with Crippen molar-refractivity contribution in [1.29, 1.82) is 0 Å². The molecule has 4 rings (SSSR count). The van der Waals surface area contributed by atoms with E-state index in [1.165, 1.54) is 0 Å². The molecular formula is C16H14N4OS. The lowest BCUT2D eigenvalue weighted by atomic mass is 10.2. The second-order valence-electron chi connectivity index (χ2n) is 5.21. The Kier molecular flexibility index (Phi) is 3.04. The average Bonchev–Trinajstić information content (AvgIpc) is 3.10. The molecule has 0 bridgehead atoms. The van der Waals surface area contributed by atoms with Crippen LogP contribution in [0.15, 0.2) is 40.4 Å². The van der Waals surface area contributed by atoms with Crippen molar-refractivity contribution in [3.63, 3.8) is 0 Å². The van der Waals surface area contributed by atoms with E-state index < -0.39 is 0 Å². The number of hydrogen-bond donors (Lipinski definition) is 0. The van der Waals surface area contributed by atoms with E-state index in [0.717, 1.165) is 38.6 Å². The van der Waals surface area contributed by atoms with Crippen LogP contribution in [0.2, 0.25) is 0 Å². The van der Waals surface area contributed by atoms with Gasteiger partial charge in [0.1, 0.15) is 22.4 Å². The van der Waals surface area contributed by atoms with E-state index in [9.17, 15) is 0 Å². The van der Waals surface area contributed by atoms with Crippen LogP contribution in [-0.4, -0.2) is 22.0 Å². The number of furan rings is 1. The molecule has 0 fully saturated rings. The van der Waals surface area contributed by atoms with Gasteiger partial charge in [-0.2, -0.15) is 0 Å². The van der Waals surface area contributed by atoms with Crippen LogP contribution in [0, 0.1) is 6.92 Å². The van der Waals surface area contributed by atoms with Gasteiger partial charge in [-0.15, -0.1) is 11.3 Å². The number of nitrogens with zero attached hydrogens (tertiary/aromatic N) is 4. The molecule has 0 N–H and O–H groups in total. The molecule has 1 aromatic carbocycles. The molecule has 0 aliphatic heterocycles. The highest BCUT2D eigenvalue weighted by Crippen LogP contribution is 2.32. The fraction of sp³-hybridized carbons (Fsp3) is 0.188. The van der Waals surface area contributed by atoms with Crippen LogP contribution in [0.3, 0.4) is 0 Å². The van der Waals surface area contributed by atoms with Gasteiger partial charge >= 0.3 is 0 Å². The highest BCUT2D eigenvalue weighted by Gasteiger charge is 2.16. The van der Waals surface area contributed by atoms with Crippen molar-refractivity contribution in [2.75, 3.05) is 11.9 Å². The van der Waals surface area contributed by atoms with Gasteiger partial charge in [0.25, 0.3) is 0 Å². The van der Waals surface area contributed by atoms with E-state index in [4.69, 9.17) is 4.42 Å². The van der Waals surface area contributed by atoms with Crippen molar-refractivity contribution in [2.24, 2.45) is 0 Å². The molecule has 6 heteroatoms. The van der Waals surface area contributed by atoms with E-state index in [1.807, 2.05) is 43.1 Å². The minimum Gasteiger partial charge on any atom is -0.450 e. The Morgan fingerprint density at radius 2 is 2.09 bits per heavy atom. The highest BCUT2D eigenvalue weighted by atomic mass is 32.1. The maximum Gasteiger partial charge on any atom is 0.196 e. The van der Waals surface area contributed by atoms with E-state index in [0.29, 0.717) is 6.54 Å². The fourth-order valence-electron chi connectivity index (χ4n) is 2.54. The third-order valence-corrected chi connectivity index (χ3v) is 4.49. The average molecular weight is 310 g/mol. The molecule has 3 heterocycles. The minimum atomic E-state index is 0.696. The van der Waals surface area contributed by atoms with E-state index in [-0.39, 0.29) is 0 Å². The number of hydrogen-bond acceptors (Lipinski definition) is 6. The summed E-state index contributed by atoms with van der Waals surface area (Å²) < 4.78 is 5.96. The first-order valence-corrected chi connectivity index (χ1v) is 7.85. The zero-order valence-electron chi connectivity index (χ0n) is 12.3. The summed E-state index contributed by atoms with van der Waals surface area (Å²) in [4.78, 5) is 15.3. The largest absolute Gasteiger partial charge is 0.450 e. The Morgan fingerprint density at radius 3 is 2.91 bits per heavy atom. The van der Waals surface area contributed by atoms with Crippen LogP contribution >= 0.6 is 11.3 Å². The Morgan fingerprint density at radius 1 is 1.23 bits per heavy atom. The highest BCUT2D eigenvalue weighted by molar-refractivity contribution is 7.09. The topological polar surface area (TPSA) is 55.1 Å². The zero-order chi connectivity index (χ0) is 15.1. The van der Waals surface area contributed by atoms with E-state index in [2.05, 4.69) is 20.3 Å². The lowest BCUT2D eigenvalue weighted by Gasteiger charge is -2.16. The first-order chi connectivity index (χ1) is 10.7. The summed E-state index contributed by atoms with van der Waals surface area (Å²) in [5.41, 5.74) is 3.45. The summed E-state index contributed by atoms with van der Waals surface area (Å²) in [5.74, 6) is 0.786. The van der Waals surface area contributed by atoms with Gasteiger partial charge in [0, 0.05) is 23.5 Å². The third kappa shape index (κ3) is 2.12. The van der Waals surface area contributed by atoms with Crippen LogP contribution in [-0.2, 0) is 6.54 Å². The molecule has 0 spiro atoms.